The van der Waals surface area contributed by atoms with Crippen LogP contribution in [0.4, 0.5) is 4.79 Å². The van der Waals surface area contributed by atoms with E-state index in [4.69, 9.17) is 5.11 Å². The molecule has 2 fully saturated rings. The molecule has 0 aliphatic carbocycles. The standard InChI is InChI=1S/C10H16N2O3S.C7H6N2/c13-8(14)4-2-1-3-7-9-6(5-16-7)11-10(15)12-9;1-2-4-7-6(3-1)8-5-9-7/h6-7,9H,1-5H2,(H,13,14)(H2,11,12,15);1-5H,(H,8,9)/t6-,7-,9-;/m0./s1. The number of para-hydroxylation sites is 2. The molecule has 7 nitrogen and oxygen atoms in total. The van der Waals surface area contributed by atoms with Gasteiger partial charge in [-0.2, -0.15) is 11.8 Å². The predicted molar refractivity (Wildman–Crippen MR) is 97.7 cm³/mol. The fourth-order valence-corrected chi connectivity index (χ4v) is 4.69. The molecule has 0 saturated carbocycles. The van der Waals surface area contributed by atoms with Crippen molar-refractivity contribution in [3.8, 4) is 0 Å². The number of aromatic amines is 1. The highest BCUT2D eigenvalue weighted by Crippen LogP contribution is 2.33. The van der Waals surface area contributed by atoms with Gasteiger partial charge in [0, 0.05) is 17.4 Å². The number of imidazole rings is 1. The minimum Gasteiger partial charge on any atom is -0.481 e. The van der Waals surface area contributed by atoms with Gasteiger partial charge in [0.2, 0.25) is 0 Å². The summed E-state index contributed by atoms with van der Waals surface area (Å²) in [6.45, 7) is 0. The Balaban J connectivity index is 0.000000170. The first-order valence-electron chi connectivity index (χ1n) is 8.42. The van der Waals surface area contributed by atoms with Crippen molar-refractivity contribution < 1.29 is 14.7 Å². The molecule has 0 spiro atoms. The number of carboxylic acid groups (broad SMARTS) is 1. The lowest BCUT2D eigenvalue weighted by Gasteiger charge is -2.16. The van der Waals surface area contributed by atoms with Gasteiger partial charge < -0.3 is 20.7 Å². The van der Waals surface area contributed by atoms with Gasteiger partial charge in [0.25, 0.3) is 0 Å². The number of hydrogen-bond acceptors (Lipinski definition) is 4. The number of nitrogens with zero attached hydrogens (tertiary/aromatic N) is 1. The number of thioether (sulfide) groups is 1. The van der Waals surface area contributed by atoms with Crippen molar-refractivity contribution in [3.63, 3.8) is 0 Å². The molecule has 134 valence electrons. The van der Waals surface area contributed by atoms with E-state index in [0.29, 0.717) is 5.25 Å². The van der Waals surface area contributed by atoms with Crippen LogP contribution in [0, 0.1) is 0 Å². The van der Waals surface area contributed by atoms with Crippen LogP contribution in [0.1, 0.15) is 25.7 Å². The number of carbonyl (C=O) groups is 2. The van der Waals surface area contributed by atoms with Gasteiger partial charge in [-0.25, -0.2) is 9.78 Å². The normalized spacial score (nSPS) is 24.2. The molecule has 4 rings (SSSR count). The van der Waals surface area contributed by atoms with Crippen LogP contribution in [-0.2, 0) is 4.79 Å². The fourth-order valence-electron chi connectivity index (χ4n) is 3.14. The molecular weight excluding hydrogens is 340 g/mol. The molecule has 25 heavy (non-hydrogen) atoms. The van der Waals surface area contributed by atoms with E-state index >= 15 is 0 Å². The van der Waals surface area contributed by atoms with Crippen LogP contribution in [0.5, 0.6) is 0 Å². The van der Waals surface area contributed by atoms with Gasteiger partial charge in [0.1, 0.15) is 0 Å². The van der Waals surface area contributed by atoms with Crippen molar-refractivity contribution in [2.24, 2.45) is 0 Å². The molecule has 1 aromatic heterocycles. The Morgan fingerprint density at radius 1 is 1.28 bits per heavy atom. The third kappa shape index (κ3) is 4.66. The van der Waals surface area contributed by atoms with E-state index in [2.05, 4.69) is 20.6 Å². The van der Waals surface area contributed by atoms with E-state index in [1.807, 2.05) is 36.0 Å². The number of carboxylic acids is 1. The van der Waals surface area contributed by atoms with E-state index in [1.165, 1.54) is 0 Å². The average Bonchev–Trinajstić information content (AvgIpc) is 3.28. The summed E-state index contributed by atoms with van der Waals surface area (Å²) in [7, 11) is 0. The highest BCUT2D eigenvalue weighted by atomic mass is 32.2. The molecule has 0 radical (unpaired) electrons. The number of amides is 2. The Bertz CT molecular complexity index is 705. The number of urea groups is 1. The number of carbonyl (C=O) groups excluding carboxylic acids is 1. The van der Waals surface area contributed by atoms with E-state index in [9.17, 15) is 9.59 Å². The van der Waals surface area contributed by atoms with Crippen LogP contribution in [0.2, 0.25) is 0 Å². The summed E-state index contributed by atoms with van der Waals surface area (Å²) in [4.78, 5) is 28.5. The lowest BCUT2D eigenvalue weighted by molar-refractivity contribution is -0.137. The fraction of sp³-hybridized carbons (Fsp3) is 0.471. The van der Waals surface area contributed by atoms with Crippen LogP contribution in [-0.4, -0.2) is 50.2 Å². The molecular formula is C17H22N4O3S. The largest absolute Gasteiger partial charge is 0.481 e. The summed E-state index contributed by atoms with van der Waals surface area (Å²) in [5, 5.41) is 14.8. The zero-order valence-electron chi connectivity index (χ0n) is 13.8. The summed E-state index contributed by atoms with van der Waals surface area (Å²) in [5.41, 5.74) is 2.12. The number of nitrogens with one attached hydrogen (secondary N) is 3. The van der Waals surface area contributed by atoms with Crippen molar-refractivity contribution in [1.82, 2.24) is 20.6 Å². The van der Waals surface area contributed by atoms with Gasteiger partial charge in [-0.1, -0.05) is 18.6 Å². The summed E-state index contributed by atoms with van der Waals surface area (Å²) in [6, 6.07) is 8.38. The molecule has 2 aliphatic heterocycles. The number of aromatic nitrogens is 2. The molecule has 2 aromatic rings. The van der Waals surface area contributed by atoms with E-state index in [1.54, 1.807) is 6.33 Å². The number of hydrogen-bond donors (Lipinski definition) is 4. The maximum Gasteiger partial charge on any atom is 0.315 e. The number of rotatable bonds is 5. The summed E-state index contributed by atoms with van der Waals surface area (Å²) < 4.78 is 0. The lowest BCUT2D eigenvalue weighted by Crippen LogP contribution is -2.36. The SMILES string of the molecule is O=C(O)CCCC[C@@H]1SC[C@@H]2NC(=O)N[C@@H]21.c1ccc2[nH]cnc2c1. The minimum atomic E-state index is -0.729. The van der Waals surface area contributed by atoms with Crippen LogP contribution in [0.3, 0.4) is 0 Å². The van der Waals surface area contributed by atoms with Crippen LogP contribution in [0.25, 0.3) is 11.0 Å². The molecule has 4 N–H and O–H groups in total. The smallest absolute Gasteiger partial charge is 0.315 e. The molecule has 2 saturated heterocycles. The van der Waals surface area contributed by atoms with Crippen molar-refractivity contribution in [2.45, 2.75) is 43.0 Å². The maximum absolute atomic E-state index is 11.1. The van der Waals surface area contributed by atoms with Crippen molar-refractivity contribution in [3.05, 3.63) is 30.6 Å². The Kier molecular flexibility index (Phi) is 5.80. The number of aliphatic carboxylic acids is 1. The summed E-state index contributed by atoms with van der Waals surface area (Å²) in [6.07, 6.45) is 4.58. The van der Waals surface area contributed by atoms with Crippen molar-refractivity contribution >= 4 is 34.8 Å². The van der Waals surface area contributed by atoms with Gasteiger partial charge in [0.15, 0.2) is 0 Å². The molecule has 2 amide bonds. The van der Waals surface area contributed by atoms with Crippen LogP contribution in [0.15, 0.2) is 30.6 Å². The first kappa shape index (κ1) is 17.6. The van der Waals surface area contributed by atoms with Gasteiger partial charge in [-0.3, -0.25) is 4.79 Å². The topological polar surface area (TPSA) is 107 Å². The van der Waals surface area contributed by atoms with Crippen LogP contribution >= 0.6 is 11.8 Å². The average molecular weight is 362 g/mol. The maximum atomic E-state index is 11.1. The third-order valence-corrected chi connectivity index (χ3v) is 5.90. The van der Waals surface area contributed by atoms with E-state index in [0.717, 1.165) is 36.0 Å². The second kappa shape index (κ2) is 8.24. The molecule has 3 atom stereocenters. The quantitative estimate of drug-likeness (QED) is 0.482. The van der Waals surface area contributed by atoms with Crippen molar-refractivity contribution in [1.29, 1.82) is 0 Å². The summed E-state index contributed by atoms with van der Waals surface area (Å²) in [5.74, 6) is 0.236. The van der Waals surface area contributed by atoms with Gasteiger partial charge in [-0.15, -0.1) is 0 Å². The Morgan fingerprint density at radius 2 is 2.12 bits per heavy atom. The van der Waals surface area contributed by atoms with E-state index < -0.39 is 5.97 Å². The molecule has 2 aliphatic rings. The number of H-pyrrole nitrogens is 1. The first-order chi connectivity index (χ1) is 12.1. The zero-order chi connectivity index (χ0) is 17.6. The van der Waals surface area contributed by atoms with Gasteiger partial charge in [0.05, 0.1) is 29.4 Å². The number of unbranched alkanes of at least 4 members (excludes halogenated alkanes) is 1. The van der Waals surface area contributed by atoms with E-state index in [-0.39, 0.29) is 24.5 Å². The number of fused-ring (bicyclic) bond motifs is 2. The minimum absolute atomic E-state index is 0.0640. The first-order valence-corrected chi connectivity index (χ1v) is 9.47. The Morgan fingerprint density at radius 3 is 2.92 bits per heavy atom. The molecule has 8 heteroatoms. The molecule has 0 bridgehead atoms. The monoisotopic (exact) mass is 362 g/mol. The second-order valence-corrected chi connectivity index (χ2v) is 7.45. The number of benzene rings is 1. The zero-order valence-corrected chi connectivity index (χ0v) is 14.6. The Labute approximate surface area is 150 Å². The Hall–Kier alpha value is -2.22. The second-order valence-electron chi connectivity index (χ2n) is 6.18. The van der Waals surface area contributed by atoms with Gasteiger partial charge >= 0.3 is 12.0 Å². The molecule has 1 aromatic carbocycles. The van der Waals surface area contributed by atoms with Crippen molar-refractivity contribution in [2.75, 3.05) is 5.75 Å². The highest BCUT2D eigenvalue weighted by molar-refractivity contribution is 8.00. The third-order valence-electron chi connectivity index (χ3n) is 4.40. The summed E-state index contributed by atoms with van der Waals surface area (Å²) >= 11 is 1.87. The lowest BCUT2D eigenvalue weighted by atomic mass is 10.0. The van der Waals surface area contributed by atoms with Crippen LogP contribution < -0.4 is 10.6 Å². The molecule has 0 unspecified atom stereocenters. The highest BCUT2D eigenvalue weighted by Gasteiger charge is 2.42. The molecule has 3 heterocycles. The predicted octanol–water partition coefficient (Wildman–Crippen LogP) is 2.36. The van der Waals surface area contributed by atoms with Gasteiger partial charge in [-0.05, 0) is 25.0 Å².